The second-order valence-electron chi connectivity index (χ2n) is 6.12. The van der Waals surface area contributed by atoms with Gasteiger partial charge in [0.2, 0.25) is 11.8 Å². The normalized spacial score (nSPS) is 19.8. The second-order valence-corrected chi connectivity index (χ2v) is 6.12. The monoisotopic (exact) mass is 316 g/mol. The number of hydrogen-bond donors (Lipinski definition) is 1. The van der Waals surface area contributed by atoms with Gasteiger partial charge >= 0.3 is 5.76 Å². The molecule has 0 aliphatic carbocycles. The van der Waals surface area contributed by atoms with Crippen molar-refractivity contribution in [3.63, 3.8) is 0 Å². The van der Waals surface area contributed by atoms with Gasteiger partial charge in [-0.25, -0.2) is 4.79 Å². The molecule has 0 saturated carbocycles. The van der Waals surface area contributed by atoms with Crippen LogP contribution in [0.1, 0.15) is 57.1 Å². The van der Waals surface area contributed by atoms with E-state index in [1.165, 1.54) is 4.57 Å². The van der Waals surface area contributed by atoms with E-state index in [0.29, 0.717) is 23.4 Å². The molecule has 0 spiro atoms. The van der Waals surface area contributed by atoms with E-state index in [4.69, 9.17) is 4.42 Å². The average Bonchev–Trinajstić information content (AvgIpc) is 2.83. The summed E-state index contributed by atoms with van der Waals surface area (Å²) in [5.41, 5.74) is 2.20. The molecule has 1 fully saturated rings. The maximum atomic E-state index is 12.2. The van der Waals surface area contributed by atoms with Crippen LogP contribution in [0.15, 0.2) is 27.4 Å². The van der Waals surface area contributed by atoms with Gasteiger partial charge in [-0.05, 0) is 36.5 Å². The number of nitrogens with one attached hydrogen (secondary N) is 1. The second kappa shape index (κ2) is 6.02. The molecule has 2 atom stereocenters. The fraction of sp³-hybridized carbons (Fsp3) is 0.471. The molecule has 1 aliphatic rings. The predicted octanol–water partition coefficient (Wildman–Crippen LogP) is 2.48. The zero-order chi connectivity index (χ0) is 16.6. The van der Waals surface area contributed by atoms with Gasteiger partial charge in [-0.2, -0.15) is 0 Å². The number of hydrogen-bond acceptors (Lipinski definition) is 4. The largest absolute Gasteiger partial charge is 0.420 e. The van der Waals surface area contributed by atoms with Crippen LogP contribution in [0.4, 0.5) is 0 Å². The topological polar surface area (TPSA) is 81.3 Å². The standard InChI is InChI=1S/C17H20N2O4/c1-3-4-10(2)11-5-6-12-14(9-11)23-17(22)19(12)13-7-8-15(20)18-16(13)21/h5-6,9-10,13H,3-4,7-8H2,1-2H3,(H,18,20,21)/t10?,13-/m0/s1. The number of benzene rings is 1. The zero-order valence-corrected chi connectivity index (χ0v) is 13.3. The number of carbonyl (C=O) groups excluding carboxylic acids is 2. The Hall–Kier alpha value is -2.37. The summed E-state index contributed by atoms with van der Waals surface area (Å²) < 4.78 is 6.69. The summed E-state index contributed by atoms with van der Waals surface area (Å²) in [5.74, 6) is -0.930. The van der Waals surface area contributed by atoms with Crippen molar-refractivity contribution in [1.82, 2.24) is 9.88 Å². The summed E-state index contributed by atoms with van der Waals surface area (Å²) in [6, 6.07) is 4.98. The van der Waals surface area contributed by atoms with Gasteiger partial charge in [-0.15, -0.1) is 0 Å². The Bertz CT molecular complexity index is 818. The van der Waals surface area contributed by atoms with Gasteiger partial charge in [0.05, 0.1) is 5.52 Å². The quantitative estimate of drug-likeness (QED) is 0.879. The van der Waals surface area contributed by atoms with Crippen molar-refractivity contribution in [2.75, 3.05) is 0 Å². The minimum atomic E-state index is -0.694. The maximum absolute atomic E-state index is 12.2. The number of amides is 2. The number of piperidine rings is 1. The molecule has 1 N–H and O–H groups in total. The van der Waals surface area contributed by atoms with Crippen molar-refractivity contribution in [1.29, 1.82) is 0 Å². The van der Waals surface area contributed by atoms with Crippen molar-refractivity contribution in [3.05, 3.63) is 34.3 Å². The summed E-state index contributed by atoms with van der Waals surface area (Å²) in [6.45, 7) is 4.27. The lowest BCUT2D eigenvalue weighted by Gasteiger charge is -2.21. The van der Waals surface area contributed by atoms with Crippen LogP contribution in [0.2, 0.25) is 0 Å². The van der Waals surface area contributed by atoms with Gasteiger partial charge < -0.3 is 4.42 Å². The number of carbonyl (C=O) groups is 2. The van der Waals surface area contributed by atoms with Crippen LogP contribution in [0.3, 0.4) is 0 Å². The molecule has 1 unspecified atom stereocenters. The lowest BCUT2D eigenvalue weighted by Crippen LogP contribution is -2.43. The lowest BCUT2D eigenvalue weighted by atomic mass is 9.96. The smallest absolute Gasteiger partial charge is 0.408 e. The predicted molar refractivity (Wildman–Crippen MR) is 85.2 cm³/mol. The van der Waals surface area contributed by atoms with Crippen LogP contribution < -0.4 is 11.1 Å². The minimum absolute atomic E-state index is 0.223. The van der Waals surface area contributed by atoms with E-state index in [1.54, 1.807) is 0 Å². The molecular formula is C17H20N2O4. The lowest BCUT2D eigenvalue weighted by molar-refractivity contribution is -0.135. The fourth-order valence-corrected chi connectivity index (χ4v) is 3.18. The van der Waals surface area contributed by atoms with Crippen LogP contribution in [0.5, 0.6) is 0 Å². The number of rotatable bonds is 4. The van der Waals surface area contributed by atoms with Gasteiger partial charge in [0.1, 0.15) is 6.04 Å². The maximum Gasteiger partial charge on any atom is 0.420 e. The highest BCUT2D eigenvalue weighted by molar-refractivity contribution is 6.00. The molecule has 1 saturated heterocycles. The first kappa shape index (κ1) is 15.5. The van der Waals surface area contributed by atoms with E-state index in [1.807, 2.05) is 18.2 Å². The Labute approximate surface area is 133 Å². The number of nitrogens with zero attached hydrogens (tertiary/aromatic N) is 1. The van der Waals surface area contributed by atoms with Crippen LogP contribution in [-0.2, 0) is 9.59 Å². The van der Waals surface area contributed by atoms with Crippen LogP contribution >= 0.6 is 0 Å². The molecule has 1 aromatic carbocycles. The Morgan fingerprint density at radius 2 is 2.13 bits per heavy atom. The SMILES string of the molecule is CCCC(C)c1ccc2c(c1)oc(=O)n2[C@H]1CCC(=O)NC1=O. The molecule has 1 aliphatic heterocycles. The van der Waals surface area contributed by atoms with Crippen molar-refractivity contribution in [2.45, 2.75) is 51.5 Å². The number of imide groups is 1. The summed E-state index contributed by atoms with van der Waals surface area (Å²) in [7, 11) is 0. The molecule has 23 heavy (non-hydrogen) atoms. The third-order valence-corrected chi connectivity index (χ3v) is 4.45. The molecule has 1 aromatic heterocycles. The van der Waals surface area contributed by atoms with E-state index in [9.17, 15) is 14.4 Å². The van der Waals surface area contributed by atoms with E-state index >= 15 is 0 Å². The molecule has 2 amide bonds. The summed E-state index contributed by atoms with van der Waals surface area (Å²) in [6.07, 6.45) is 2.68. The van der Waals surface area contributed by atoms with Crippen molar-refractivity contribution >= 4 is 22.9 Å². The third kappa shape index (κ3) is 2.81. The number of aromatic nitrogens is 1. The highest BCUT2D eigenvalue weighted by Crippen LogP contribution is 2.27. The summed E-state index contributed by atoms with van der Waals surface area (Å²) >= 11 is 0. The molecule has 0 bridgehead atoms. The Morgan fingerprint density at radius 1 is 1.35 bits per heavy atom. The summed E-state index contributed by atoms with van der Waals surface area (Å²) in [5, 5.41) is 2.28. The molecule has 0 radical (unpaired) electrons. The molecule has 2 aromatic rings. The third-order valence-electron chi connectivity index (χ3n) is 4.45. The van der Waals surface area contributed by atoms with E-state index < -0.39 is 17.7 Å². The summed E-state index contributed by atoms with van der Waals surface area (Å²) in [4.78, 5) is 35.5. The van der Waals surface area contributed by atoms with Crippen LogP contribution in [0, 0.1) is 0 Å². The van der Waals surface area contributed by atoms with E-state index in [-0.39, 0.29) is 12.3 Å². The van der Waals surface area contributed by atoms with Crippen molar-refractivity contribution in [3.8, 4) is 0 Å². The molecular weight excluding hydrogens is 296 g/mol. The van der Waals surface area contributed by atoms with Crippen LogP contribution in [-0.4, -0.2) is 16.4 Å². The van der Waals surface area contributed by atoms with E-state index in [2.05, 4.69) is 19.2 Å². The first-order valence-electron chi connectivity index (χ1n) is 8.00. The van der Waals surface area contributed by atoms with Gasteiger partial charge in [0, 0.05) is 6.42 Å². The van der Waals surface area contributed by atoms with E-state index in [0.717, 1.165) is 18.4 Å². The Morgan fingerprint density at radius 3 is 2.83 bits per heavy atom. The number of oxazole rings is 1. The highest BCUT2D eigenvalue weighted by atomic mass is 16.4. The highest BCUT2D eigenvalue weighted by Gasteiger charge is 2.31. The fourth-order valence-electron chi connectivity index (χ4n) is 3.18. The Balaban J connectivity index is 2.02. The Kier molecular flexibility index (Phi) is 4.07. The molecule has 122 valence electrons. The molecule has 3 rings (SSSR count). The average molecular weight is 316 g/mol. The van der Waals surface area contributed by atoms with Crippen LogP contribution in [0.25, 0.3) is 11.1 Å². The first-order valence-corrected chi connectivity index (χ1v) is 8.00. The van der Waals surface area contributed by atoms with Gasteiger partial charge in [-0.1, -0.05) is 26.3 Å². The molecule has 6 heteroatoms. The number of fused-ring (bicyclic) bond motifs is 1. The minimum Gasteiger partial charge on any atom is -0.408 e. The molecule has 2 heterocycles. The van der Waals surface area contributed by atoms with Crippen molar-refractivity contribution < 1.29 is 14.0 Å². The van der Waals surface area contributed by atoms with Gasteiger partial charge in [-0.3, -0.25) is 19.5 Å². The molecule has 6 nitrogen and oxygen atoms in total. The zero-order valence-electron chi connectivity index (χ0n) is 13.3. The van der Waals surface area contributed by atoms with Crippen molar-refractivity contribution in [2.24, 2.45) is 0 Å². The first-order chi connectivity index (χ1) is 11.0. The van der Waals surface area contributed by atoms with Gasteiger partial charge in [0.25, 0.3) is 0 Å². The van der Waals surface area contributed by atoms with Gasteiger partial charge in [0.15, 0.2) is 5.58 Å².